The zero-order chi connectivity index (χ0) is 15.1. The van der Waals surface area contributed by atoms with Crippen molar-refractivity contribution in [2.45, 2.75) is 15.3 Å². The molecule has 0 heterocycles. The summed E-state index contributed by atoms with van der Waals surface area (Å²) in [5, 5.41) is 4.74. The topological polar surface area (TPSA) is 94.3 Å². The third-order valence-corrected chi connectivity index (χ3v) is 4.58. The Morgan fingerprint density at radius 2 is 1.65 bits per heavy atom. The van der Waals surface area contributed by atoms with Crippen LogP contribution in [0.1, 0.15) is 5.56 Å². The fourth-order valence-electron chi connectivity index (χ4n) is 1.22. The first-order valence-corrected chi connectivity index (χ1v) is 7.55. The first kappa shape index (κ1) is 20.2. The minimum absolute atomic E-state index is 0. The van der Waals surface area contributed by atoms with Gasteiger partial charge >= 0.3 is 56.9 Å². The van der Waals surface area contributed by atoms with Gasteiger partial charge in [-0.2, -0.15) is 13.2 Å². The molecule has 1 rings (SSSR count). The van der Waals surface area contributed by atoms with E-state index in [2.05, 4.69) is 6.58 Å². The molecule has 1 aromatic carbocycles. The van der Waals surface area contributed by atoms with Crippen LogP contribution < -0.4 is 5.14 Å². The zero-order valence-corrected chi connectivity index (χ0v) is 10.8. The molecule has 108 valence electrons. The monoisotopic (exact) mass is 355 g/mol. The molecule has 11 heteroatoms. The summed E-state index contributed by atoms with van der Waals surface area (Å²) in [6, 6.07) is 2.13. The Balaban J connectivity index is 0.00000361. The van der Waals surface area contributed by atoms with Crippen LogP contribution >= 0.6 is 0 Å². The van der Waals surface area contributed by atoms with Gasteiger partial charge in [0.05, 0.1) is 9.79 Å². The Morgan fingerprint density at radius 3 is 2.00 bits per heavy atom. The van der Waals surface area contributed by atoms with E-state index in [0.29, 0.717) is 6.07 Å². The van der Waals surface area contributed by atoms with E-state index in [4.69, 9.17) is 5.14 Å². The number of hydrogen-bond acceptors (Lipinski definition) is 4. The molecule has 0 bridgehead atoms. The van der Waals surface area contributed by atoms with Gasteiger partial charge in [0.1, 0.15) is 0 Å². The molecule has 1 aromatic rings. The van der Waals surface area contributed by atoms with Gasteiger partial charge < -0.3 is 0 Å². The second-order valence-corrected chi connectivity index (χ2v) is 6.87. The molecule has 0 aliphatic carbocycles. The number of sulfone groups is 1. The van der Waals surface area contributed by atoms with Crippen molar-refractivity contribution < 1.29 is 30.0 Å². The van der Waals surface area contributed by atoms with Crippen molar-refractivity contribution in [1.82, 2.24) is 0 Å². The van der Waals surface area contributed by atoms with E-state index < -0.39 is 35.2 Å². The Hall–Kier alpha value is 0.246. The Morgan fingerprint density at radius 1 is 1.15 bits per heavy atom. The van der Waals surface area contributed by atoms with Crippen LogP contribution in [0.4, 0.5) is 13.2 Å². The van der Waals surface area contributed by atoms with Crippen molar-refractivity contribution in [3.05, 3.63) is 30.3 Å². The molecule has 0 aliphatic rings. The van der Waals surface area contributed by atoms with E-state index in [9.17, 15) is 30.0 Å². The molecule has 20 heavy (non-hydrogen) atoms. The van der Waals surface area contributed by atoms with Gasteiger partial charge in [-0.3, -0.25) is 0 Å². The van der Waals surface area contributed by atoms with Crippen LogP contribution in [0.2, 0.25) is 0 Å². The number of nitrogens with two attached hydrogens (primary N) is 1. The average molecular weight is 355 g/mol. The minimum atomic E-state index is -5.69. The number of rotatable bonds is 3. The second kappa shape index (κ2) is 6.56. The molecule has 0 amide bonds. The van der Waals surface area contributed by atoms with Crippen molar-refractivity contribution in [3.8, 4) is 0 Å². The summed E-state index contributed by atoms with van der Waals surface area (Å²) in [7, 11) is -10.0. The summed E-state index contributed by atoms with van der Waals surface area (Å²) >= 11 is 0. The SMILES string of the molecule is C=Cc1ccc(S(N)(=O)=O)cc1S(=O)(=O)C(F)(F)F.[KH]. The van der Waals surface area contributed by atoms with Crippen molar-refractivity contribution in [2.75, 3.05) is 0 Å². The summed E-state index contributed by atoms with van der Waals surface area (Å²) in [6.07, 6.45) is 0.867. The molecular formula is C9H9F3KNO4S2. The number of sulfonamides is 1. The predicted molar refractivity (Wildman–Crippen MR) is 68.3 cm³/mol. The van der Waals surface area contributed by atoms with Crippen molar-refractivity contribution in [1.29, 1.82) is 0 Å². The number of alkyl halides is 3. The van der Waals surface area contributed by atoms with Gasteiger partial charge in [0, 0.05) is 0 Å². The standard InChI is InChI=1S/C9H8F3NO4S2.K.H/c1-2-6-3-4-7(19(13,16)17)5-8(6)18(14,15)9(10,11)12;;/h2-5H,1H2,(H2,13,16,17);;. The van der Waals surface area contributed by atoms with Gasteiger partial charge in [0.25, 0.3) is 9.84 Å². The van der Waals surface area contributed by atoms with E-state index in [1.165, 1.54) is 0 Å². The zero-order valence-electron chi connectivity index (χ0n) is 9.18. The predicted octanol–water partition coefficient (Wildman–Crippen LogP) is 0.622. The van der Waals surface area contributed by atoms with Crippen LogP contribution in [-0.2, 0) is 19.9 Å². The molecule has 0 saturated heterocycles. The first-order valence-electron chi connectivity index (χ1n) is 4.52. The van der Waals surface area contributed by atoms with Gasteiger partial charge in [0.15, 0.2) is 0 Å². The second-order valence-electron chi connectivity index (χ2n) is 3.40. The van der Waals surface area contributed by atoms with Crippen molar-refractivity contribution >= 4 is 77.3 Å². The molecule has 0 saturated carbocycles. The van der Waals surface area contributed by atoms with Gasteiger partial charge in [-0.1, -0.05) is 18.7 Å². The van der Waals surface area contributed by atoms with Crippen LogP contribution in [0.25, 0.3) is 6.08 Å². The Bertz CT molecular complexity index is 726. The third-order valence-electron chi connectivity index (χ3n) is 2.13. The molecule has 0 aliphatic heterocycles. The van der Waals surface area contributed by atoms with Gasteiger partial charge in [0.2, 0.25) is 10.0 Å². The summed E-state index contributed by atoms with van der Waals surface area (Å²) < 4.78 is 82.1. The van der Waals surface area contributed by atoms with Gasteiger partial charge in [-0.15, -0.1) is 0 Å². The van der Waals surface area contributed by atoms with E-state index in [0.717, 1.165) is 18.2 Å². The summed E-state index contributed by atoms with van der Waals surface area (Å²) in [5.41, 5.74) is -5.92. The van der Waals surface area contributed by atoms with E-state index >= 15 is 0 Å². The summed E-state index contributed by atoms with van der Waals surface area (Å²) in [5.74, 6) is 0. The van der Waals surface area contributed by atoms with Crippen molar-refractivity contribution in [2.24, 2.45) is 5.14 Å². The first-order chi connectivity index (χ1) is 8.41. The molecule has 0 fully saturated rings. The normalized spacial score (nSPS) is 12.6. The average Bonchev–Trinajstić information content (AvgIpc) is 2.25. The molecule has 0 atom stereocenters. The van der Waals surface area contributed by atoms with Gasteiger partial charge in [-0.05, 0) is 17.7 Å². The molecule has 2 N–H and O–H groups in total. The molecular weight excluding hydrogens is 346 g/mol. The van der Waals surface area contributed by atoms with Crippen LogP contribution in [0, 0.1) is 0 Å². The van der Waals surface area contributed by atoms with Crippen molar-refractivity contribution in [3.63, 3.8) is 0 Å². The molecule has 0 radical (unpaired) electrons. The van der Waals surface area contributed by atoms with Crippen LogP contribution in [0.3, 0.4) is 0 Å². The van der Waals surface area contributed by atoms with Crippen LogP contribution in [0.15, 0.2) is 34.6 Å². The van der Waals surface area contributed by atoms with E-state index in [-0.39, 0.29) is 56.9 Å². The number of benzene rings is 1. The molecule has 0 unspecified atom stereocenters. The fraction of sp³-hybridized carbons (Fsp3) is 0.111. The van der Waals surface area contributed by atoms with Crippen LogP contribution in [-0.4, -0.2) is 73.7 Å². The molecule has 0 spiro atoms. The maximum atomic E-state index is 12.5. The fourth-order valence-corrected chi connectivity index (χ4v) is 2.83. The van der Waals surface area contributed by atoms with Gasteiger partial charge in [-0.25, -0.2) is 22.0 Å². The Labute approximate surface area is 156 Å². The molecule has 0 aromatic heterocycles. The quantitative estimate of drug-likeness (QED) is 0.805. The Kier molecular flexibility index (Phi) is 6.64. The summed E-state index contributed by atoms with van der Waals surface area (Å²) in [4.78, 5) is -1.94. The summed E-state index contributed by atoms with van der Waals surface area (Å²) in [6.45, 7) is 3.17. The van der Waals surface area contributed by atoms with E-state index in [1.807, 2.05) is 0 Å². The molecule has 5 nitrogen and oxygen atoms in total. The number of primary sulfonamides is 1. The third kappa shape index (κ3) is 4.13. The number of hydrogen-bond donors (Lipinski definition) is 1. The number of halogens is 3. The van der Waals surface area contributed by atoms with E-state index in [1.54, 1.807) is 0 Å². The van der Waals surface area contributed by atoms with Crippen LogP contribution in [0.5, 0.6) is 0 Å². The maximum absolute atomic E-state index is 12.5.